The van der Waals surface area contributed by atoms with Gasteiger partial charge in [-0.1, -0.05) is 42.0 Å². The van der Waals surface area contributed by atoms with Crippen LogP contribution in [0.15, 0.2) is 48.5 Å². The topological polar surface area (TPSA) is 69.7 Å². The van der Waals surface area contributed by atoms with Crippen molar-refractivity contribution in [1.82, 2.24) is 9.62 Å². The van der Waals surface area contributed by atoms with E-state index in [9.17, 15) is 13.2 Å². The van der Waals surface area contributed by atoms with E-state index in [-0.39, 0.29) is 17.6 Å². The number of nitrogens with one attached hydrogen (secondary N) is 1. The van der Waals surface area contributed by atoms with Gasteiger partial charge in [-0.05, 0) is 56.9 Å². The number of benzene rings is 2. The van der Waals surface area contributed by atoms with Crippen molar-refractivity contribution in [1.29, 1.82) is 0 Å². The minimum Gasteiger partial charge on any atom is -0.372 e. The van der Waals surface area contributed by atoms with Gasteiger partial charge in [0.1, 0.15) is 0 Å². The number of carbonyl (C=O) groups excluding carboxylic acids is 1. The summed E-state index contributed by atoms with van der Waals surface area (Å²) in [7, 11) is -3.38. The Bertz CT molecular complexity index is 993. The molecule has 1 N–H and O–H groups in total. The molecule has 0 spiro atoms. The van der Waals surface area contributed by atoms with Crippen LogP contribution in [0.1, 0.15) is 43.4 Å². The molecule has 0 bridgehead atoms. The zero-order chi connectivity index (χ0) is 23.1. The van der Waals surface area contributed by atoms with Gasteiger partial charge in [0.15, 0.2) is 0 Å². The predicted octanol–water partition coefficient (Wildman–Crippen LogP) is 3.70. The number of hydrogen-bond acceptors (Lipinski definition) is 4. The molecule has 3 rings (SSSR count). The first-order chi connectivity index (χ1) is 15.3. The molecule has 32 heavy (non-hydrogen) atoms. The van der Waals surface area contributed by atoms with Gasteiger partial charge in [-0.15, -0.1) is 0 Å². The molecule has 0 radical (unpaired) electrons. The zero-order valence-electron chi connectivity index (χ0n) is 19.4. The van der Waals surface area contributed by atoms with Crippen molar-refractivity contribution in [2.45, 2.75) is 45.9 Å². The third kappa shape index (κ3) is 6.33. The van der Waals surface area contributed by atoms with Crippen LogP contribution in [0.3, 0.4) is 0 Å². The molecule has 6 nitrogen and oxygen atoms in total. The van der Waals surface area contributed by atoms with Gasteiger partial charge in [-0.25, -0.2) is 12.7 Å². The predicted molar refractivity (Wildman–Crippen MR) is 130 cm³/mol. The molecule has 1 aliphatic heterocycles. The molecule has 0 aromatic heterocycles. The lowest BCUT2D eigenvalue weighted by molar-refractivity contribution is -0.126. The highest BCUT2D eigenvalue weighted by molar-refractivity contribution is 7.88. The monoisotopic (exact) mass is 457 g/mol. The van der Waals surface area contributed by atoms with Gasteiger partial charge in [-0.3, -0.25) is 4.79 Å². The first-order valence-corrected chi connectivity index (χ1v) is 13.1. The largest absolute Gasteiger partial charge is 0.372 e. The minimum atomic E-state index is -3.38. The molecule has 0 atom stereocenters. The van der Waals surface area contributed by atoms with E-state index in [0.29, 0.717) is 32.5 Å². The second-order valence-electron chi connectivity index (χ2n) is 8.48. The highest BCUT2D eigenvalue weighted by Crippen LogP contribution is 2.22. The molecule has 1 aliphatic rings. The maximum absolute atomic E-state index is 12.8. The van der Waals surface area contributed by atoms with Crippen molar-refractivity contribution in [3.8, 4) is 0 Å². The van der Waals surface area contributed by atoms with E-state index in [4.69, 9.17) is 0 Å². The van der Waals surface area contributed by atoms with E-state index in [2.05, 4.69) is 48.3 Å². The van der Waals surface area contributed by atoms with Crippen molar-refractivity contribution in [3.63, 3.8) is 0 Å². The van der Waals surface area contributed by atoms with Crippen LogP contribution >= 0.6 is 0 Å². The van der Waals surface area contributed by atoms with Crippen molar-refractivity contribution in [2.75, 3.05) is 31.1 Å². The van der Waals surface area contributed by atoms with E-state index < -0.39 is 10.0 Å². The fourth-order valence-corrected chi connectivity index (χ4v) is 5.80. The van der Waals surface area contributed by atoms with Gasteiger partial charge in [-0.2, -0.15) is 0 Å². The Morgan fingerprint density at radius 2 is 1.69 bits per heavy atom. The first kappa shape index (κ1) is 24.3. The fraction of sp³-hybridized carbons (Fsp3) is 0.480. The average Bonchev–Trinajstić information content (AvgIpc) is 2.79. The van der Waals surface area contributed by atoms with Crippen LogP contribution in [0, 0.1) is 12.8 Å². The Balaban J connectivity index is 1.48. The Morgan fingerprint density at radius 1 is 1.03 bits per heavy atom. The Kier molecular flexibility index (Phi) is 8.32. The molecule has 2 aromatic carbocycles. The second kappa shape index (κ2) is 11.0. The van der Waals surface area contributed by atoms with Crippen LogP contribution in [0.25, 0.3) is 0 Å². The average molecular weight is 458 g/mol. The lowest BCUT2D eigenvalue weighted by atomic mass is 9.97. The Hall–Kier alpha value is -2.38. The van der Waals surface area contributed by atoms with Crippen LogP contribution in [-0.4, -0.2) is 44.8 Å². The number of piperidine rings is 1. The summed E-state index contributed by atoms with van der Waals surface area (Å²) >= 11 is 0. The van der Waals surface area contributed by atoms with Gasteiger partial charge in [0, 0.05) is 44.3 Å². The molecule has 0 aliphatic carbocycles. The van der Waals surface area contributed by atoms with Crippen LogP contribution < -0.4 is 10.2 Å². The number of sulfonamides is 1. The van der Waals surface area contributed by atoms with Crippen molar-refractivity contribution in [3.05, 3.63) is 65.2 Å². The molecule has 0 saturated carbocycles. The van der Waals surface area contributed by atoms with Crippen LogP contribution in [0.5, 0.6) is 0 Å². The normalized spacial score (nSPS) is 15.5. The maximum Gasteiger partial charge on any atom is 0.223 e. The molecule has 1 amide bonds. The zero-order valence-corrected chi connectivity index (χ0v) is 20.2. The number of amides is 1. The summed E-state index contributed by atoms with van der Waals surface area (Å²) < 4.78 is 27.1. The lowest BCUT2D eigenvalue weighted by Crippen LogP contribution is -2.43. The summed E-state index contributed by atoms with van der Waals surface area (Å²) in [5.41, 5.74) is 4.10. The first-order valence-electron chi connectivity index (χ1n) is 11.5. The van der Waals surface area contributed by atoms with E-state index in [0.717, 1.165) is 29.8 Å². The number of rotatable bonds is 9. The SMILES string of the molecule is CCN(CC)c1ccc(CNC(=O)C2CCN(S(=O)(=O)Cc3cccc(C)c3)CC2)cc1. The third-order valence-corrected chi connectivity index (χ3v) is 8.03. The summed E-state index contributed by atoms with van der Waals surface area (Å²) in [6, 6.07) is 15.9. The standard InChI is InChI=1S/C25H35N3O3S/c1-4-27(5-2)24-11-9-21(10-12-24)18-26-25(29)23-13-15-28(16-14-23)32(30,31)19-22-8-6-7-20(3)17-22/h6-12,17,23H,4-5,13-16,18-19H2,1-3H3,(H,26,29). The summed E-state index contributed by atoms with van der Waals surface area (Å²) in [6.07, 6.45) is 1.11. The van der Waals surface area contributed by atoms with Crippen molar-refractivity contribution < 1.29 is 13.2 Å². The molecular formula is C25H35N3O3S. The lowest BCUT2D eigenvalue weighted by Gasteiger charge is -2.30. The van der Waals surface area contributed by atoms with Gasteiger partial charge in [0.2, 0.25) is 15.9 Å². The summed E-state index contributed by atoms with van der Waals surface area (Å²) in [4.78, 5) is 14.9. The smallest absolute Gasteiger partial charge is 0.223 e. The number of hydrogen-bond donors (Lipinski definition) is 1. The van der Waals surface area contributed by atoms with E-state index in [1.807, 2.05) is 31.2 Å². The Labute approximate surface area is 192 Å². The number of nitrogens with zero attached hydrogens (tertiary/aromatic N) is 2. The molecule has 174 valence electrons. The van der Waals surface area contributed by atoms with Gasteiger partial charge >= 0.3 is 0 Å². The highest BCUT2D eigenvalue weighted by atomic mass is 32.2. The van der Waals surface area contributed by atoms with Gasteiger partial charge < -0.3 is 10.2 Å². The quantitative estimate of drug-likeness (QED) is 0.623. The fourth-order valence-electron chi connectivity index (χ4n) is 4.25. The number of aryl methyl sites for hydroxylation is 1. The van der Waals surface area contributed by atoms with Gasteiger partial charge in [0.05, 0.1) is 5.75 Å². The molecule has 7 heteroatoms. The molecule has 1 saturated heterocycles. The minimum absolute atomic E-state index is 0.00792. The summed E-state index contributed by atoms with van der Waals surface area (Å²) in [6.45, 7) is 9.43. The summed E-state index contributed by atoms with van der Waals surface area (Å²) in [5.74, 6) is -0.126. The van der Waals surface area contributed by atoms with Crippen molar-refractivity contribution >= 4 is 21.6 Å². The molecule has 1 fully saturated rings. The molecule has 2 aromatic rings. The highest BCUT2D eigenvalue weighted by Gasteiger charge is 2.31. The Morgan fingerprint density at radius 3 is 2.28 bits per heavy atom. The van der Waals surface area contributed by atoms with Crippen LogP contribution in [0.4, 0.5) is 5.69 Å². The molecule has 1 heterocycles. The number of carbonyl (C=O) groups is 1. The summed E-state index contributed by atoms with van der Waals surface area (Å²) in [5, 5.41) is 3.02. The van der Waals surface area contributed by atoms with E-state index in [1.54, 1.807) is 0 Å². The number of anilines is 1. The van der Waals surface area contributed by atoms with E-state index in [1.165, 1.54) is 9.99 Å². The molecule has 0 unspecified atom stereocenters. The van der Waals surface area contributed by atoms with Crippen molar-refractivity contribution in [2.24, 2.45) is 5.92 Å². The van der Waals surface area contributed by atoms with Crippen LogP contribution in [0.2, 0.25) is 0 Å². The maximum atomic E-state index is 12.8. The van der Waals surface area contributed by atoms with Crippen LogP contribution in [-0.2, 0) is 27.1 Å². The third-order valence-electron chi connectivity index (χ3n) is 6.18. The van der Waals surface area contributed by atoms with E-state index >= 15 is 0 Å². The second-order valence-corrected chi connectivity index (χ2v) is 10.4. The molecular weight excluding hydrogens is 422 g/mol. The van der Waals surface area contributed by atoms with Gasteiger partial charge in [0.25, 0.3) is 0 Å².